The summed E-state index contributed by atoms with van der Waals surface area (Å²) < 4.78 is 10.0. The molecule has 0 bridgehead atoms. The molecule has 1 aromatic heterocycles. The van der Waals surface area contributed by atoms with Gasteiger partial charge >= 0.3 is 0 Å². The van der Waals surface area contributed by atoms with Crippen molar-refractivity contribution in [3.05, 3.63) is 10.0 Å². The second kappa shape index (κ2) is 7.50. The summed E-state index contributed by atoms with van der Waals surface area (Å²) in [6.07, 6.45) is 0. The molecule has 7 heteroatoms. The van der Waals surface area contributed by atoms with Gasteiger partial charge in [0, 0.05) is 56.9 Å². The van der Waals surface area contributed by atoms with Crippen molar-refractivity contribution in [2.75, 3.05) is 39.4 Å². The van der Waals surface area contributed by atoms with Gasteiger partial charge in [-0.15, -0.1) is 5.10 Å². The summed E-state index contributed by atoms with van der Waals surface area (Å²) in [5.74, 6) is 0. The van der Waals surface area contributed by atoms with Crippen LogP contribution in [0.5, 0.6) is 0 Å². The van der Waals surface area contributed by atoms with Crippen molar-refractivity contribution in [3.63, 3.8) is 0 Å². The second-order valence-electron chi connectivity index (χ2n) is 4.81. The minimum atomic E-state index is 0.541. The average molecular weight is 305 g/mol. The molecule has 2 rings (SSSR count). The van der Waals surface area contributed by atoms with Gasteiger partial charge in [0.15, 0.2) is 0 Å². The van der Waals surface area contributed by atoms with Crippen LogP contribution in [0.2, 0.25) is 4.34 Å². The molecule has 1 fully saturated rings. The fraction of sp³-hybridized carbons (Fsp3) is 0.833. The Morgan fingerprint density at radius 2 is 2.32 bits per heavy atom. The van der Waals surface area contributed by atoms with E-state index < -0.39 is 0 Å². The SMILES string of the molecule is CCOCCN1CCN(Cc2nnsc2Cl)C[C@@H]1C. The standard InChI is InChI=1S/C12H21ClN4OS/c1-3-18-7-6-17-5-4-16(8-10(17)2)9-11-12(13)19-15-14-11/h10H,3-9H2,1-2H3/t10-/m0/s1. The molecule has 1 saturated heterocycles. The van der Waals surface area contributed by atoms with Crippen LogP contribution in [0.15, 0.2) is 0 Å². The van der Waals surface area contributed by atoms with Crippen LogP contribution in [0.4, 0.5) is 0 Å². The maximum Gasteiger partial charge on any atom is 0.138 e. The van der Waals surface area contributed by atoms with Gasteiger partial charge in [-0.1, -0.05) is 16.1 Å². The number of aromatic nitrogens is 2. The summed E-state index contributed by atoms with van der Waals surface area (Å²) in [6, 6.07) is 0.541. The molecule has 0 aliphatic carbocycles. The van der Waals surface area contributed by atoms with Crippen molar-refractivity contribution >= 4 is 23.1 Å². The van der Waals surface area contributed by atoms with Gasteiger partial charge < -0.3 is 4.74 Å². The van der Waals surface area contributed by atoms with Gasteiger partial charge in [-0.25, -0.2) is 0 Å². The largest absolute Gasteiger partial charge is 0.380 e. The molecule has 5 nitrogen and oxygen atoms in total. The van der Waals surface area contributed by atoms with Crippen molar-refractivity contribution in [1.82, 2.24) is 19.4 Å². The summed E-state index contributed by atoms with van der Waals surface area (Å²) >= 11 is 7.31. The molecule has 19 heavy (non-hydrogen) atoms. The van der Waals surface area contributed by atoms with Gasteiger partial charge in [-0.05, 0) is 13.8 Å². The molecule has 1 atom stereocenters. The Balaban J connectivity index is 1.78. The lowest BCUT2D eigenvalue weighted by Gasteiger charge is -2.39. The number of rotatable bonds is 6. The van der Waals surface area contributed by atoms with E-state index in [9.17, 15) is 0 Å². The molecule has 108 valence electrons. The van der Waals surface area contributed by atoms with Gasteiger partial charge in [0.2, 0.25) is 0 Å². The molecule has 0 saturated carbocycles. The first kappa shape index (κ1) is 15.1. The Hall–Kier alpha value is -0.270. The van der Waals surface area contributed by atoms with Crippen LogP contribution in [-0.4, -0.2) is 64.8 Å². The van der Waals surface area contributed by atoms with E-state index in [1.165, 1.54) is 11.5 Å². The number of ether oxygens (including phenoxy) is 1. The van der Waals surface area contributed by atoms with Gasteiger partial charge in [0.05, 0.1) is 6.61 Å². The molecular weight excluding hydrogens is 284 g/mol. The summed E-state index contributed by atoms with van der Waals surface area (Å²) in [4.78, 5) is 4.87. The molecule has 1 aliphatic rings. The molecule has 0 N–H and O–H groups in total. The lowest BCUT2D eigenvalue weighted by Crippen LogP contribution is -2.52. The number of halogens is 1. The molecular formula is C12H21ClN4OS. The highest BCUT2D eigenvalue weighted by atomic mass is 35.5. The molecule has 0 aromatic carbocycles. The Morgan fingerprint density at radius 1 is 1.47 bits per heavy atom. The average Bonchev–Trinajstić information content (AvgIpc) is 2.78. The first-order valence-corrected chi connectivity index (χ1v) is 7.86. The minimum absolute atomic E-state index is 0.541. The summed E-state index contributed by atoms with van der Waals surface area (Å²) in [5, 5.41) is 4.08. The highest BCUT2D eigenvalue weighted by Gasteiger charge is 2.24. The van der Waals surface area contributed by atoms with Crippen molar-refractivity contribution < 1.29 is 4.74 Å². The Kier molecular flexibility index (Phi) is 5.97. The number of hydrogen-bond donors (Lipinski definition) is 0. The fourth-order valence-electron chi connectivity index (χ4n) is 2.38. The van der Waals surface area contributed by atoms with E-state index in [0.29, 0.717) is 10.4 Å². The van der Waals surface area contributed by atoms with Crippen molar-refractivity contribution in [1.29, 1.82) is 0 Å². The highest BCUT2D eigenvalue weighted by Crippen LogP contribution is 2.20. The normalized spacial score (nSPS) is 21.9. The van der Waals surface area contributed by atoms with Crippen LogP contribution in [0, 0.1) is 0 Å². The second-order valence-corrected chi connectivity index (χ2v) is 6.17. The molecule has 1 aromatic rings. The Morgan fingerprint density at radius 3 is 2.95 bits per heavy atom. The van der Waals surface area contributed by atoms with Crippen LogP contribution in [0.25, 0.3) is 0 Å². The first-order valence-electron chi connectivity index (χ1n) is 6.71. The molecule has 0 spiro atoms. The zero-order valence-corrected chi connectivity index (χ0v) is 13.1. The number of piperazine rings is 1. The lowest BCUT2D eigenvalue weighted by molar-refractivity contribution is 0.0462. The van der Waals surface area contributed by atoms with Crippen LogP contribution in [-0.2, 0) is 11.3 Å². The third-order valence-corrected chi connectivity index (χ3v) is 4.44. The fourth-order valence-corrected chi connectivity index (χ4v) is 2.99. The van der Waals surface area contributed by atoms with E-state index in [1.54, 1.807) is 0 Å². The molecule has 0 unspecified atom stereocenters. The monoisotopic (exact) mass is 304 g/mol. The van der Waals surface area contributed by atoms with E-state index in [-0.39, 0.29) is 0 Å². The topological polar surface area (TPSA) is 41.5 Å². The maximum atomic E-state index is 6.05. The van der Waals surface area contributed by atoms with Crippen molar-refractivity contribution in [3.8, 4) is 0 Å². The number of hydrogen-bond acceptors (Lipinski definition) is 6. The van der Waals surface area contributed by atoms with E-state index in [0.717, 1.165) is 51.6 Å². The van der Waals surface area contributed by atoms with E-state index in [2.05, 4.69) is 26.3 Å². The quantitative estimate of drug-likeness (QED) is 0.749. The van der Waals surface area contributed by atoms with Crippen LogP contribution in [0.1, 0.15) is 19.5 Å². The molecule has 0 radical (unpaired) electrons. The van der Waals surface area contributed by atoms with Crippen molar-refractivity contribution in [2.45, 2.75) is 26.4 Å². The summed E-state index contributed by atoms with van der Waals surface area (Å²) in [7, 11) is 0. The number of nitrogens with zero attached hydrogens (tertiary/aromatic N) is 4. The zero-order chi connectivity index (χ0) is 13.7. The van der Waals surface area contributed by atoms with Crippen LogP contribution >= 0.6 is 23.1 Å². The lowest BCUT2D eigenvalue weighted by atomic mass is 10.2. The van der Waals surface area contributed by atoms with E-state index in [1.807, 2.05) is 6.92 Å². The van der Waals surface area contributed by atoms with Gasteiger partial charge in [0.1, 0.15) is 10.0 Å². The van der Waals surface area contributed by atoms with Crippen molar-refractivity contribution in [2.24, 2.45) is 0 Å². The van der Waals surface area contributed by atoms with Crippen LogP contribution in [0.3, 0.4) is 0 Å². The van der Waals surface area contributed by atoms with Gasteiger partial charge in [0.25, 0.3) is 0 Å². The first-order chi connectivity index (χ1) is 9.20. The van der Waals surface area contributed by atoms with Crippen LogP contribution < -0.4 is 0 Å². The molecule has 0 amide bonds. The highest BCUT2D eigenvalue weighted by molar-refractivity contribution is 7.10. The predicted octanol–water partition coefficient (Wildman–Crippen LogP) is 1.73. The summed E-state index contributed by atoms with van der Waals surface area (Å²) in [6.45, 7) is 10.9. The van der Waals surface area contributed by atoms with Gasteiger partial charge in [-0.3, -0.25) is 9.80 Å². The zero-order valence-electron chi connectivity index (χ0n) is 11.5. The summed E-state index contributed by atoms with van der Waals surface area (Å²) in [5.41, 5.74) is 0.904. The maximum absolute atomic E-state index is 6.05. The predicted molar refractivity (Wildman–Crippen MR) is 77.7 cm³/mol. The third kappa shape index (κ3) is 4.36. The minimum Gasteiger partial charge on any atom is -0.380 e. The smallest absolute Gasteiger partial charge is 0.138 e. The third-order valence-electron chi connectivity index (χ3n) is 3.46. The van der Waals surface area contributed by atoms with Gasteiger partial charge in [-0.2, -0.15) is 0 Å². The molecule has 1 aliphatic heterocycles. The van der Waals surface area contributed by atoms with E-state index >= 15 is 0 Å². The van der Waals surface area contributed by atoms with E-state index in [4.69, 9.17) is 16.3 Å². The molecule has 2 heterocycles. The Labute approximate surface area is 123 Å². The Bertz CT molecular complexity index is 390.